The molecule has 110 valence electrons. The van der Waals surface area contributed by atoms with Crippen molar-refractivity contribution in [2.24, 2.45) is 5.92 Å². The molecule has 0 saturated carbocycles. The fraction of sp³-hybridized carbons (Fsp3) is 0.429. The zero-order valence-electron chi connectivity index (χ0n) is 11.6. The number of rotatable bonds is 5. The van der Waals surface area contributed by atoms with Crippen LogP contribution in [0.2, 0.25) is 5.02 Å². The molecule has 0 spiro atoms. The van der Waals surface area contributed by atoms with Crippen LogP contribution in [-0.2, 0) is 9.53 Å². The Morgan fingerprint density at radius 2 is 2.05 bits per heavy atom. The number of methoxy groups -OCH3 is 1. The second-order valence-electron chi connectivity index (χ2n) is 4.81. The van der Waals surface area contributed by atoms with Gasteiger partial charge < -0.3 is 10.1 Å². The van der Waals surface area contributed by atoms with E-state index in [0.717, 1.165) is 3.57 Å². The van der Waals surface area contributed by atoms with E-state index < -0.39 is 12.0 Å². The third-order valence-corrected chi connectivity index (χ3v) is 4.25. The standard InChI is InChI=1S/C14H17ClINO3/c1-8(2)6-12(14(19)20-3)17-13(18)9-4-5-11(16)10(15)7-9/h4-5,7-8,12H,6H2,1-3H3,(H,17,18). The molecule has 0 aliphatic heterocycles. The van der Waals surface area contributed by atoms with Gasteiger partial charge in [0.1, 0.15) is 6.04 Å². The van der Waals surface area contributed by atoms with E-state index in [1.165, 1.54) is 7.11 Å². The van der Waals surface area contributed by atoms with E-state index >= 15 is 0 Å². The smallest absolute Gasteiger partial charge is 0.328 e. The van der Waals surface area contributed by atoms with Crippen LogP contribution >= 0.6 is 34.2 Å². The number of halogens is 2. The molecule has 0 fully saturated rings. The molecule has 1 aromatic rings. The highest BCUT2D eigenvalue weighted by Crippen LogP contribution is 2.19. The van der Waals surface area contributed by atoms with Crippen LogP contribution in [0.15, 0.2) is 18.2 Å². The third kappa shape index (κ3) is 4.94. The van der Waals surface area contributed by atoms with Crippen LogP contribution in [0.5, 0.6) is 0 Å². The Bertz CT molecular complexity index is 505. The van der Waals surface area contributed by atoms with Crippen LogP contribution in [0.4, 0.5) is 0 Å². The van der Waals surface area contributed by atoms with Gasteiger partial charge in [-0.2, -0.15) is 0 Å². The van der Waals surface area contributed by atoms with Crippen molar-refractivity contribution in [3.8, 4) is 0 Å². The van der Waals surface area contributed by atoms with Crippen molar-refractivity contribution in [1.82, 2.24) is 5.32 Å². The SMILES string of the molecule is COC(=O)C(CC(C)C)NC(=O)c1ccc(I)c(Cl)c1. The summed E-state index contributed by atoms with van der Waals surface area (Å²) in [6, 6.07) is 4.37. The fourth-order valence-electron chi connectivity index (χ4n) is 1.71. The summed E-state index contributed by atoms with van der Waals surface area (Å²) >= 11 is 8.07. The molecular formula is C14H17ClINO3. The van der Waals surface area contributed by atoms with Crippen molar-refractivity contribution >= 4 is 46.1 Å². The van der Waals surface area contributed by atoms with E-state index in [-0.39, 0.29) is 11.8 Å². The molecule has 0 aromatic heterocycles. The Labute approximate surface area is 137 Å². The molecule has 0 heterocycles. The van der Waals surface area contributed by atoms with E-state index in [1.807, 2.05) is 13.8 Å². The maximum absolute atomic E-state index is 12.1. The summed E-state index contributed by atoms with van der Waals surface area (Å²) in [5.41, 5.74) is 0.424. The Morgan fingerprint density at radius 1 is 1.40 bits per heavy atom. The fourth-order valence-corrected chi connectivity index (χ4v) is 2.22. The number of esters is 1. The highest BCUT2D eigenvalue weighted by atomic mass is 127. The normalized spacial score (nSPS) is 12.1. The summed E-state index contributed by atoms with van der Waals surface area (Å²) in [6.45, 7) is 3.95. The first-order valence-electron chi connectivity index (χ1n) is 6.19. The topological polar surface area (TPSA) is 55.4 Å². The number of hydrogen-bond acceptors (Lipinski definition) is 3. The van der Waals surface area contributed by atoms with Crippen LogP contribution in [0.3, 0.4) is 0 Å². The first-order chi connectivity index (χ1) is 9.35. The van der Waals surface area contributed by atoms with Crippen LogP contribution in [-0.4, -0.2) is 25.0 Å². The maximum atomic E-state index is 12.1. The average Bonchev–Trinajstić information content (AvgIpc) is 2.39. The number of carbonyl (C=O) groups is 2. The van der Waals surface area contributed by atoms with Gasteiger partial charge in [0.2, 0.25) is 0 Å². The Kier molecular flexibility index (Phi) is 6.75. The summed E-state index contributed by atoms with van der Waals surface area (Å²) in [6.07, 6.45) is 0.524. The molecule has 20 heavy (non-hydrogen) atoms. The average molecular weight is 410 g/mol. The molecule has 1 atom stereocenters. The highest BCUT2D eigenvalue weighted by molar-refractivity contribution is 14.1. The van der Waals surface area contributed by atoms with Crippen molar-refractivity contribution in [2.75, 3.05) is 7.11 Å². The number of ether oxygens (including phenoxy) is 1. The zero-order chi connectivity index (χ0) is 15.3. The molecule has 0 aliphatic carbocycles. The van der Waals surface area contributed by atoms with Crippen molar-refractivity contribution in [3.05, 3.63) is 32.4 Å². The number of carbonyl (C=O) groups excluding carboxylic acids is 2. The van der Waals surface area contributed by atoms with Gasteiger partial charge in [0.05, 0.1) is 12.1 Å². The molecule has 1 rings (SSSR count). The zero-order valence-corrected chi connectivity index (χ0v) is 14.5. The Hall–Kier alpha value is -0.820. The Morgan fingerprint density at radius 3 is 2.55 bits per heavy atom. The van der Waals surface area contributed by atoms with Crippen LogP contribution in [0.25, 0.3) is 0 Å². The number of benzene rings is 1. The summed E-state index contributed by atoms with van der Waals surface area (Å²) in [4.78, 5) is 23.8. The minimum absolute atomic E-state index is 0.264. The summed E-state index contributed by atoms with van der Waals surface area (Å²) in [5.74, 6) is -0.511. The van der Waals surface area contributed by atoms with E-state index in [0.29, 0.717) is 17.0 Å². The van der Waals surface area contributed by atoms with Gasteiger partial charge >= 0.3 is 5.97 Å². The molecule has 0 radical (unpaired) electrons. The van der Waals surface area contributed by atoms with Gasteiger partial charge in [-0.15, -0.1) is 0 Å². The number of nitrogens with one attached hydrogen (secondary N) is 1. The van der Waals surface area contributed by atoms with Gasteiger partial charge in [-0.1, -0.05) is 25.4 Å². The minimum atomic E-state index is -0.648. The van der Waals surface area contributed by atoms with Gasteiger partial charge in [0.25, 0.3) is 5.91 Å². The lowest BCUT2D eigenvalue weighted by Gasteiger charge is -2.18. The second kappa shape index (κ2) is 7.83. The number of amides is 1. The molecule has 1 N–H and O–H groups in total. The highest BCUT2D eigenvalue weighted by Gasteiger charge is 2.23. The first kappa shape index (κ1) is 17.2. The van der Waals surface area contributed by atoms with Crippen molar-refractivity contribution < 1.29 is 14.3 Å². The lowest BCUT2D eigenvalue weighted by Crippen LogP contribution is -2.42. The van der Waals surface area contributed by atoms with E-state index in [9.17, 15) is 9.59 Å². The van der Waals surface area contributed by atoms with Crippen molar-refractivity contribution in [3.63, 3.8) is 0 Å². The van der Waals surface area contributed by atoms with Crippen LogP contribution in [0, 0.1) is 9.49 Å². The quantitative estimate of drug-likeness (QED) is 0.600. The van der Waals surface area contributed by atoms with Crippen LogP contribution in [0.1, 0.15) is 30.6 Å². The molecule has 1 unspecified atom stereocenters. The summed E-state index contributed by atoms with van der Waals surface area (Å²) < 4.78 is 5.58. The van der Waals surface area contributed by atoms with Gasteiger partial charge in [-0.05, 0) is 53.1 Å². The van der Waals surface area contributed by atoms with E-state index in [2.05, 4.69) is 27.9 Å². The second-order valence-corrected chi connectivity index (χ2v) is 6.38. The Balaban J connectivity index is 2.84. The van der Waals surface area contributed by atoms with Gasteiger partial charge in [0.15, 0.2) is 0 Å². The molecule has 1 aromatic carbocycles. The summed E-state index contributed by atoms with van der Waals surface area (Å²) in [5, 5.41) is 3.20. The molecule has 6 heteroatoms. The minimum Gasteiger partial charge on any atom is -0.467 e. The maximum Gasteiger partial charge on any atom is 0.328 e. The van der Waals surface area contributed by atoms with E-state index in [1.54, 1.807) is 18.2 Å². The van der Waals surface area contributed by atoms with Gasteiger partial charge in [0, 0.05) is 9.13 Å². The molecule has 0 bridgehead atoms. The number of hydrogen-bond donors (Lipinski definition) is 1. The predicted octanol–water partition coefficient (Wildman–Crippen LogP) is 3.26. The van der Waals surface area contributed by atoms with Gasteiger partial charge in [-0.25, -0.2) is 4.79 Å². The third-order valence-electron chi connectivity index (χ3n) is 2.68. The molecule has 1 amide bonds. The monoisotopic (exact) mass is 409 g/mol. The molecule has 0 saturated heterocycles. The lowest BCUT2D eigenvalue weighted by molar-refractivity contribution is -0.143. The molecule has 0 aliphatic rings. The first-order valence-corrected chi connectivity index (χ1v) is 7.64. The predicted molar refractivity (Wildman–Crippen MR) is 86.9 cm³/mol. The lowest BCUT2D eigenvalue weighted by atomic mass is 10.0. The van der Waals surface area contributed by atoms with Crippen molar-refractivity contribution in [2.45, 2.75) is 26.3 Å². The van der Waals surface area contributed by atoms with Crippen molar-refractivity contribution in [1.29, 1.82) is 0 Å². The summed E-state index contributed by atoms with van der Waals surface area (Å²) in [7, 11) is 1.31. The largest absolute Gasteiger partial charge is 0.467 e. The van der Waals surface area contributed by atoms with Gasteiger partial charge in [-0.3, -0.25) is 4.79 Å². The molecular weight excluding hydrogens is 393 g/mol. The molecule has 4 nitrogen and oxygen atoms in total. The van der Waals surface area contributed by atoms with E-state index in [4.69, 9.17) is 16.3 Å². The van der Waals surface area contributed by atoms with Crippen LogP contribution < -0.4 is 5.32 Å².